The monoisotopic (exact) mass is 365 g/mol. The van der Waals surface area contributed by atoms with Crippen LogP contribution in [-0.4, -0.2) is 0 Å². The maximum atomic E-state index is 2.83. The van der Waals surface area contributed by atoms with Crippen LogP contribution in [0.25, 0.3) is 0 Å². The predicted octanol–water partition coefficient (Wildman–Crippen LogP) is 9.91. The summed E-state index contributed by atoms with van der Waals surface area (Å²) in [5, 5.41) is 0. The molecule has 0 bridgehead atoms. The van der Waals surface area contributed by atoms with Crippen molar-refractivity contribution in [3.8, 4) is 0 Å². The maximum absolute atomic E-state index is 2.83. The van der Waals surface area contributed by atoms with Crippen molar-refractivity contribution in [2.24, 2.45) is 11.8 Å². The molecule has 0 amide bonds. The second-order valence-corrected chi connectivity index (χ2v) is 8.76. The second-order valence-electron chi connectivity index (χ2n) is 8.76. The van der Waals surface area contributed by atoms with Crippen molar-refractivity contribution in [1.82, 2.24) is 0 Å². The first-order valence-corrected chi connectivity index (χ1v) is 12.6. The molecular weight excluding hydrogens is 312 g/mol. The average Bonchev–Trinajstić information content (AvgIpc) is 2.65. The molecule has 0 heteroatoms. The Balaban J connectivity index is 4.21. The highest BCUT2D eigenvalue weighted by molar-refractivity contribution is 4.84. The van der Waals surface area contributed by atoms with Crippen LogP contribution in [-0.2, 0) is 0 Å². The molecule has 0 aromatic rings. The van der Waals surface area contributed by atoms with E-state index in [0.29, 0.717) is 0 Å². The van der Waals surface area contributed by atoms with E-state index in [0.717, 1.165) is 11.8 Å². The maximum Gasteiger partial charge on any atom is -0.0324 e. The fourth-order valence-electron chi connectivity index (χ4n) is 4.19. The van der Waals surface area contributed by atoms with Gasteiger partial charge in [0.25, 0.3) is 0 Å². The molecule has 0 aromatic carbocycles. The third kappa shape index (κ3) is 17.4. The molecule has 0 aliphatic carbocycles. The molecule has 0 spiro atoms. The van der Waals surface area contributed by atoms with Crippen LogP contribution in [0.15, 0.2) is 0 Å². The molecule has 1 radical (unpaired) electrons. The van der Waals surface area contributed by atoms with Crippen LogP contribution in [0.5, 0.6) is 0 Å². The average molecular weight is 366 g/mol. The highest BCUT2D eigenvalue weighted by atomic mass is 14.2. The summed E-state index contributed by atoms with van der Waals surface area (Å²) in [7, 11) is 0. The molecule has 0 heterocycles. The molecule has 0 fully saturated rings. The van der Waals surface area contributed by atoms with E-state index < -0.39 is 0 Å². The quantitative estimate of drug-likeness (QED) is 0.177. The predicted molar refractivity (Wildman–Crippen MR) is 122 cm³/mol. The largest absolute Gasteiger partial charge is 0.0654 e. The smallest absolute Gasteiger partial charge is 0.0324 e. The van der Waals surface area contributed by atoms with Gasteiger partial charge in [-0.2, -0.15) is 0 Å². The molecule has 0 aromatic heterocycles. The van der Waals surface area contributed by atoms with E-state index in [4.69, 9.17) is 0 Å². The molecule has 0 aliphatic heterocycles. The fourth-order valence-corrected chi connectivity index (χ4v) is 4.19. The third-order valence-corrected chi connectivity index (χ3v) is 6.01. The second kappa shape index (κ2) is 21.3. The van der Waals surface area contributed by atoms with Crippen molar-refractivity contribution in [3.63, 3.8) is 0 Å². The molecule has 0 aliphatic rings. The minimum atomic E-state index is 0.901. The van der Waals surface area contributed by atoms with Gasteiger partial charge in [0.15, 0.2) is 0 Å². The lowest BCUT2D eigenvalue weighted by molar-refractivity contribution is 0.370. The third-order valence-electron chi connectivity index (χ3n) is 6.01. The zero-order valence-corrected chi connectivity index (χ0v) is 19.2. The minimum Gasteiger partial charge on any atom is -0.0654 e. The van der Waals surface area contributed by atoms with Crippen molar-refractivity contribution >= 4 is 0 Å². The molecule has 0 saturated carbocycles. The SMILES string of the molecule is CCCCCCCCC([CH]C(CCCC)CCCCCCC)CCCC. The summed E-state index contributed by atoms with van der Waals surface area (Å²) >= 11 is 0. The van der Waals surface area contributed by atoms with Gasteiger partial charge in [0.05, 0.1) is 0 Å². The van der Waals surface area contributed by atoms with Gasteiger partial charge in [-0.1, -0.05) is 150 Å². The van der Waals surface area contributed by atoms with Gasteiger partial charge in [0.1, 0.15) is 0 Å². The normalized spacial score (nSPS) is 13.8. The van der Waals surface area contributed by atoms with Crippen molar-refractivity contribution in [1.29, 1.82) is 0 Å². The number of hydrogen-bond acceptors (Lipinski definition) is 0. The van der Waals surface area contributed by atoms with E-state index in [1.807, 2.05) is 0 Å². The molecule has 0 nitrogen and oxygen atoms in total. The zero-order valence-electron chi connectivity index (χ0n) is 19.2. The van der Waals surface area contributed by atoms with E-state index in [-0.39, 0.29) is 0 Å². The zero-order chi connectivity index (χ0) is 19.3. The molecule has 0 rings (SSSR count). The highest BCUT2D eigenvalue weighted by Crippen LogP contribution is 2.29. The van der Waals surface area contributed by atoms with Crippen LogP contribution in [0.2, 0.25) is 0 Å². The van der Waals surface area contributed by atoms with Gasteiger partial charge in [-0.25, -0.2) is 0 Å². The van der Waals surface area contributed by atoms with Gasteiger partial charge >= 0.3 is 0 Å². The summed E-state index contributed by atoms with van der Waals surface area (Å²) in [6.07, 6.45) is 30.0. The highest BCUT2D eigenvalue weighted by Gasteiger charge is 2.16. The Bertz CT molecular complexity index is 244. The van der Waals surface area contributed by atoms with Crippen LogP contribution in [0.4, 0.5) is 0 Å². The standard InChI is InChI=1S/C26H53/c1-5-9-13-15-17-19-23-26(21-12-8-4)24-25(20-11-7-3)22-18-16-14-10-6-2/h24-26H,5-23H2,1-4H3. The fraction of sp³-hybridized carbons (Fsp3) is 0.962. The number of unbranched alkanes of at least 4 members (excludes halogenated alkanes) is 11. The van der Waals surface area contributed by atoms with Crippen LogP contribution in [0.1, 0.15) is 150 Å². The molecule has 26 heavy (non-hydrogen) atoms. The van der Waals surface area contributed by atoms with Crippen LogP contribution < -0.4 is 0 Å². The van der Waals surface area contributed by atoms with E-state index in [1.165, 1.54) is 122 Å². The van der Waals surface area contributed by atoms with E-state index >= 15 is 0 Å². The Labute approximate surface area is 168 Å². The van der Waals surface area contributed by atoms with Gasteiger partial charge in [0.2, 0.25) is 0 Å². The topological polar surface area (TPSA) is 0 Å². The van der Waals surface area contributed by atoms with Gasteiger partial charge in [-0.05, 0) is 18.3 Å². The minimum absolute atomic E-state index is 0.901. The Morgan fingerprint density at radius 3 is 1.08 bits per heavy atom. The first kappa shape index (κ1) is 26.0. The Hall–Kier alpha value is 0. The van der Waals surface area contributed by atoms with Gasteiger partial charge in [-0.3, -0.25) is 0 Å². The van der Waals surface area contributed by atoms with Gasteiger partial charge < -0.3 is 0 Å². The molecule has 0 N–H and O–H groups in total. The van der Waals surface area contributed by atoms with Crippen molar-refractivity contribution < 1.29 is 0 Å². The number of rotatable bonds is 21. The first-order valence-electron chi connectivity index (χ1n) is 12.6. The summed E-state index contributed by atoms with van der Waals surface area (Å²) in [6, 6.07) is 0. The molecule has 0 saturated heterocycles. The molecule has 2 unspecified atom stereocenters. The molecular formula is C26H53. The van der Waals surface area contributed by atoms with E-state index in [2.05, 4.69) is 34.1 Å². The van der Waals surface area contributed by atoms with Crippen molar-refractivity contribution in [2.45, 2.75) is 150 Å². The lowest BCUT2D eigenvalue weighted by Gasteiger charge is -2.24. The van der Waals surface area contributed by atoms with Crippen LogP contribution in [0.3, 0.4) is 0 Å². The summed E-state index contributed by atoms with van der Waals surface area (Å²) in [4.78, 5) is 0. The van der Waals surface area contributed by atoms with Gasteiger partial charge in [-0.15, -0.1) is 0 Å². The van der Waals surface area contributed by atoms with Crippen molar-refractivity contribution in [2.75, 3.05) is 0 Å². The lowest BCUT2D eigenvalue weighted by Crippen LogP contribution is -2.11. The van der Waals surface area contributed by atoms with Crippen LogP contribution >= 0.6 is 0 Å². The first-order chi connectivity index (χ1) is 12.8. The summed E-state index contributed by atoms with van der Waals surface area (Å²) in [5.41, 5.74) is 0. The molecule has 157 valence electrons. The Morgan fingerprint density at radius 2 is 0.692 bits per heavy atom. The Morgan fingerprint density at radius 1 is 0.385 bits per heavy atom. The Kier molecular flexibility index (Phi) is 21.3. The summed E-state index contributed by atoms with van der Waals surface area (Å²) in [5.74, 6) is 1.80. The molecule has 2 atom stereocenters. The summed E-state index contributed by atoms with van der Waals surface area (Å²) in [6.45, 7) is 9.33. The van der Waals surface area contributed by atoms with Crippen molar-refractivity contribution in [3.05, 3.63) is 6.42 Å². The lowest BCUT2D eigenvalue weighted by atomic mass is 9.82. The van der Waals surface area contributed by atoms with Crippen LogP contribution in [0, 0.1) is 18.3 Å². The van der Waals surface area contributed by atoms with E-state index in [9.17, 15) is 0 Å². The van der Waals surface area contributed by atoms with Gasteiger partial charge in [0, 0.05) is 0 Å². The number of hydrogen-bond donors (Lipinski definition) is 0. The van der Waals surface area contributed by atoms with E-state index in [1.54, 1.807) is 0 Å². The summed E-state index contributed by atoms with van der Waals surface area (Å²) < 4.78 is 0.